The van der Waals surface area contributed by atoms with E-state index in [0.29, 0.717) is 18.2 Å². The molecule has 0 saturated carbocycles. The van der Waals surface area contributed by atoms with Gasteiger partial charge in [-0.2, -0.15) is 0 Å². The van der Waals surface area contributed by atoms with Gasteiger partial charge in [0.2, 0.25) is 0 Å². The highest BCUT2D eigenvalue weighted by Crippen LogP contribution is 2.29. The molecule has 2 aromatic rings. The van der Waals surface area contributed by atoms with E-state index in [4.69, 9.17) is 21.1 Å². The minimum atomic E-state index is 0.646. The largest absolute Gasteiger partial charge is 0.455 e. The first-order chi connectivity index (χ1) is 10.2. The minimum Gasteiger partial charge on any atom is -0.455 e. The first-order valence-corrected chi connectivity index (χ1v) is 7.16. The Balaban J connectivity index is 2.13. The number of aromatic nitrogens is 1. The van der Waals surface area contributed by atoms with Crippen LogP contribution in [0.4, 0.5) is 0 Å². The van der Waals surface area contributed by atoms with Crippen molar-refractivity contribution >= 4 is 11.6 Å². The third kappa shape index (κ3) is 4.70. The summed E-state index contributed by atoms with van der Waals surface area (Å²) < 4.78 is 11.0. The third-order valence-corrected chi connectivity index (χ3v) is 3.24. The maximum absolute atomic E-state index is 6.07. The smallest absolute Gasteiger partial charge is 0.148 e. The van der Waals surface area contributed by atoms with E-state index in [9.17, 15) is 0 Å². The van der Waals surface area contributed by atoms with E-state index < -0.39 is 0 Å². The fourth-order valence-corrected chi connectivity index (χ4v) is 2.02. The Morgan fingerprint density at radius 1 is 1.24 bits per heavy atom. The quantitative estimate of drug-likeness (QED) is 0.794. The van der Waals surface area contributed by atoms with Gasteiger partial charge in [0.05, 0.1) is 12.3 Å². The number of hydrogen-bond acceptors (Lipinski definition) is 4. The topological polar surface area (TPSA) is 43.4 Å². The Hall–Kier alpha value is -1.62. The summed E-state index contributed by atoms with van der Waals surface area (Å²) >= 11 is 6.07. The summed E-state index contributed by atoms with van der Waals surface area (Å²) in [7, 11) is 1.68. The van der Waals surface area contributed by atoms with E-state index in [1.165, 1.54) is 0 Å². The molecule has 0 bridgehead atoms. The van der Waals surface area contributed by atoms with Crippen molar-refractivity contribution in [3.63, 3.8) is 0 Å². The Labute approximate surface area is 130 Å². The minimum absolute atomic E-state index is 0.646. The molecule has 0 aliphatic heterocycles. The summed E-state index contributed by atoms with van der Waals surface area (Å²) in [5.41, 5.74) is 1.88. The summed E-state index contributed by atoms with van der Waals surface area (Å²) in [5, 5.41) is 3.94. The standard InChI is InChI=1S/C16H19ClN2O2/c1-12-15(4-3-7-19-12)21-16-10-14(17)6-5-13(16)11-18-8-9-20-2/h3-7,10,18H,8-9,11H2,1-2H3. The van der Waals surface area contributed by atoms with Gasteiger partial charge in [-0.25, -0.2) is 0 Å². The molecule has 1 aromatic heterocycles. The Morgan fingerprint density at radius 2 is 2.10 bits per heavy atom. The molecule has 0 aliphatic carbocycles. The zero-order chi connectivity index (χ0) is 15.1. The van der Waals surface area contributed by atoms with Crippen molar-refractivity contribution in [1.29, 1.82) is 0 Å². The predicted molar refractivity (Wildman–Crippen MR) is 84.1 cm³/mol. The van der Waals surface area contributed by atoms with Crippen LogP contribution >= 0.6 is 11.6 Å². The van der Waals surface area contributed by atoms with Crippen molar-refractivity contribution in [2.75, 3.05) is 20.3 Å². The average molecular weight is 307 g/mol. The maximum Gasteiger partial charge on any atom is 0.148 e. The molecule has 112 valence electrons. The molecule has 0 radical (unpaired) electrons. The van der Waals surface area contributed by atoms with Crippen LogP contribution in [0.25, 0.3) is 0 Å². The number of rotatable bonds is 7. The van der Waals surface area contributed by atoms with Crippen LogP contribution in [0.1, 0.15) is 11.3 Å². The first-order valence-electron chi connectivity index (χ1n) is 6.78. The molecule has 0 saturated heterocycles. The zero-order valence-corrected chi connectivity index (χ0v) is 13.0. The van der Waals surface area contributed by atoms with E-state index in [1.54, 1.807) is 13.3 Å². The monoisotopic (exact) mass is 306 g/mol. The molecule has 0 aliphatic rings. The molecule has 0 spiro atoms. The molecule has 2 rings (SSSR count). The van der Waals surface area contributed by atoms with Crippen molar-refractivity contribution in [3.05, 3.63) is 52.8 Å². The highest BCUT2D eigenvalue weighted by atomic mass is 35.5. The molecule has 4 nitrogen and oxygen atoms in total. The highest BCUT2D eigenvalue weighted by Gasteiger charge is 2.08. The Bertz CT molecular complexity index is 590. The van der Waals surface area contributed by atoms with Gasteiger partial charge < -0.3 is 14.8 Å². The van der Waals surface area contributed by atoms with Crippen LogP contribution in [0.5, 0.6) is 11.5 Å². The Morgan fingerprint density at radius 3 is 2.86 bits per heavy atom. The molecule has 0 unspecified atom stereocenters. The number of hydrogen-bond donors (Lipinski definition) is 1. The second-order valence-electron chi connectivity index (χ2n) is 4.61. The number of nitrogens with zero attached hydrogens (tertiary/aromatic N) is 1. The molecule has 5 heteroatoms. The van der Waals surface area contributed by atoms with Crippen LogP contribution < -0.4 is 10.1 Å². The lowest BCUT2D eigenvalue weighted by molar-refractivity contribution is 0.199. The lowest BCUT2D eigenvalue weighted by Gasteiger charge is -2.13. The summed E-state index contributed by atoms with van der Waals surface area (Å²) in [6, 6.07) is 9.39. The number of nitrogens with one attached hydrogen (secondary N) is 1. The summed E-state index contributed by atoms with van der Waals surface area (Å²) in [6.07, 6.45) is 1.74. The van der Waals surface area contributed by atoms with Crippen LogP contribution in [-0.2, 0) is 11.3 Å². The van der Waals surface area contributed by atoms with Crippen molar-refractivity contribution in [2.45, 2.75) is 13.5 Å². The van der Waals surface area contributed by atoms with E-state index in [1.807, 2.05) is 37.3 Å². The number of benzene rings is 1. The van der Waals surface area contributed by atoms with Crippen LogP contribution in [0.2, 0.25) is 5.02 Å². The number of aryl methyl sites for hydroxylation is 1. The van der Waals surface area contributed by atoms with Crippen molar-refractivity contribution < 1.29 is 9.47 Å². The van der Waals surface area contributed by atoms with Gasteiger partial charge in [-0.1, -0.05) is 17.7 Å². The van der Waals surface area contributed by atoms with Gasteiger partial charge in [0.25, 0.3) is 0 Å². The number of methoxy groups -OCH3 is 1. The van der Waals surface area contributed by atoms with Crippen LogP contribution in [0, 0.1) is 6.92 Å². The highest BCUT2D eigenvalue weighted by molar-refractivity contribution is 6.30. The predicted octanol–water partition coefficient (Wildman–Crippen LogP) is 3.57. The zero-order valence-electron chi connectivity index (χ0n) is 12.2. The molecular formula is C16H19ClN2O2. The van der Waals surface area contributed by atoms with Crippen LogP contribution in [-0.4, -0.2) is 25.2 Å². The van der Waals surface area contributed by atoms with E-state index >= 15 is 0 Å². The molecule has 1 heterocycles. The lowest BCUT2D eigenvalue weighted by atomic mass is 10.2. The van der Waals surface area contributed by atoms with E-state index in [-0.39, 0.29) is 0 Å². The summed E-state index contributed by atoms with van der Waals surface area (Å²) in [6.45, 7) is 4.06. The van der Waals surface area contributed by atoms with Crippen molar-refractivity contribution in [3.8, 4) is 11.5 Å². The van der Waals surface area contributed by atoms with E-state index in [0.717, 1.165) is 29.3 Å². The average Bonchev–Trinajstić information content (AvgIpc) is 2.48. The fourth-order valence-electron chi connectivity index (χ4n) is 1.86. The molecule has 1 N–H and O–H groups in total. The molecule has 21 heavy (non-hydrogen) atoms. The maximum atomic E-state index is 6.07. The first kappa shape index (κ1) is 15.8. The van der Waals surface area contributed by atoms with Gasteiger partial charge in [-0.15, -0.1) is 0 Å². The normalized spacial score (nSPS) is 10.6. The molecule has 1 aromatic carbocycles. The van der Waals surface area contributed by atoms with Crippen molar-refractivity contribution in [2.24, 2.45) is 0 Å². The molecule has 0 amide bonds. The van der Waals surface area contributed by atoms with Crippen LogP contribution in [0.3, 0.4) is 0 Å². The lowest BCUT2D eigenvalue weighted by Crippen LogP contribution is -2.18. The summed E-state index contributed by atoms with van der Waals surface area (Å²) in [5.74, 6) is 1.47. The number of halogens is 1. The molecular weight excluding hydrogens is 288 g/mol. The molecule has 0 fully saturated rings. The van der Waals surface area contributed by atoms with Gasteiger partial charge in [0.1, 0.15) is 11.5 Å². The third-order valence-electron chi connectivity index (χ3n) is 3.01. The van der Waals surface area contributed by atoms with Gasteiger partial charge in [0.15, 0.2) is 0 Å². The van der Waals surface area contributed by atoms with Gasteiger partial charge in [-0.3, -0.25) is 4.98 Å². The van der Waals surface area contributed by atoms with Gasteiger partial charge >= 0.3 is 0 Å². The second kappa shape index (κ2) is 7.98. The number of pyridine rings is 1. The molecule has 0 atom stereocenters. The van der Waals surface area contributed by atoms with Crippen LogP contribution in [0.15, 0.2) is 36.5 Å². The van der Waals surface area contributed by atoms with Gasteiger partial charge in [0, 0.05) is 37.0 Å². The van der Waals surface area contributed by atoms with Crippen molar-refractivity contribution in [1.82, 2.24) is 10.3 Å². The van der Waals surface area contributed by atoms with Gasteiger partial charge in [-0.05, 0) is 31.2 Å². The SMILES string of the molecule is COCCNCc1ccc(Cl)cc1Oc1cccnc1C. The number of ether oxygens (including phenoxy) is 2. The van der Waals surface area contributed by atoms with E-state index in [2.05, 4.69) is 10.3 Å². The Kier molecular flexibility index (Phi) is 5.99. The second-order valence-corrected chi connectivity index (χ2v) is 5.05. The fraction of sp³-hybridized carbons (Fsp3) is 0.312. The summed E-state index contributed by atoms with van der Waals surface area (Å²) in [4.78, 5) is 4.22.